The van der Waals surface area contributed by atoms with Crippen LogP contribution >= 0.6 is 0 Å². The molecule has 0 saturated heterocycles. The minimum atomic E-state index is -0.745. The second-order valence-electron chi connectivity index (χ2n) is 12.4. The zero-order valence-corrected chi connectivity index (χ0v) is 23.1. The molecule has 6 rings (SSSR count). The van der Waals surface area contributed by atoms with Crippen molar-refractivity contribution in [1.82, 2.24) is 0 Å². The second kappa shape index (κ2) is 9.97. The number of hydrogen-bond donors (Lipinski definition) is 1. The van der Waals surface area contributed by atoms with Crippen molar-refractivity contribution in [1.29, 1.82) is 0 Å². The molecule has 2 atom stereocenters. The van der Waals surface area contributed by atoms with E-state index in [1.165, 1.54) is 11.1 Å². The molecule has 0 aromatic heterocycles. The molecule has 1 N–H and O–H groups in total. The lowest BCUT2D eigenvalue weighted by Crippen LogP contribution is -2.17. The van der Waals surface area contributed by atoms with Gasteiger partial charge >= 0.3 is 5.97 Å². The number of benzene rings is 3. The fourth-order valence-electron chi connectivity index (χ4n) is 6.62. The molecule has 1 fully saturated rings. The number of carbonyl (C=O) groups is 1. The molecule has 3 aromatic carbocycles. The van der Waals surface area contributed by atoms with Crippen LogP contribution in [-0.2, 0) is 11.2 Å². The average molecular weight is 525 g/mol. The first-order valence-corrected chi connectivity index (χ1v) is 14.3. The monoisotopic (exact) mass is 524 g/mol. The van der Waals surface area contributed by atoms with Crippen molar-refractivity contribution in [2.75, 3.05) is 0 Å². The van der Waals surface area contributed by atoms with E-state index in [0.29, 0.717) is 11.5 Å². The fraction of sp³-hybridized carbons (Fsp3) is 0.400. The Morgan fingerprint density at radius 3 is 2.56 bits per heavy atom. The molecule has 1 heterocycles. The molecule has 0 radical (unpaired) electrons. The standard InChI is InChI=1S/C35H37FO3/c1-21-6-14-31(36)29(17-21)26-13-11-25(18-28(26)30-5-4-16-35(30,2)3)32-15-12-23-9-10-24(19-33(23)39-32)27(20-34(37)38)22-7-8-22/h5-6,9-11,13-14,17-19,22,27,32H,4,7-8,12,15-16,20H2,1-3H3,(H,37,38). The normalized spacial score (nSPS) is 20.6. The van der Waals surface area contributed by atoms with Crippen LogP contribution in [0.5, 0.6) is 5.75 Å². The van der Waals surface area contributed by atoms with Crippen molar-refractivity contribution >= 4 is 11.5 Å². The van der Waals surface area contributed by atoms with Crippen molar-refractivity contribution in [3.8, 4) is 16.9 Å². The Bertz CT molecular complexity index is 1460. The van der Waals surface area contributed by atoms with Gasteiger partial charge < -0.3 is 9.84 Å². The highest BCUT2D eigenvalue weighted by Gasteiger charge is 2.35. The van der Waals surface area contributed by atoms with E-state index < -0.39 is 5.97 Å². The Morgan fingerprint density at radius 2 is 1.85 bits per heavy atom. The minimum Gasteiger partial charge on any atom is -0.485 e. The number of aliphatic carboxylic acids is 1. The molecule has 202 valence electrons. The molecule has 1 saturated carbocycles. The van der Waals surface area contributed by atoms with Crippen molar-refractivity contribution in [3.63, 3.8) is 0 Å². The van der Waals surface area contributed by atoms with Crippen LogP contribution < -0.4 is 4.74 Å². The highest BCUT2D eigenvalue weighted by molar-refractivity contribution is 5.85. The largest absolute Gasteiger partial charge is 0.485 e. The number of hydrogen-bond acceptors (Lipinski definition) is 2. The van der Waals surface area contributed by atoms with Crippen LogP contribution in [0, 0.1) is 24.1 Å². The van der Waals surface area contributed by atoms with Gasteiger partial charge in [0.15, 0.2) is 0 Å². The van der Waals surface area contributed by atoms with Gasteiger partial charge in [-0.25, -0.2) is 4.39 Å². The molecular formula is C35H37FO3. The predicted molar refractivity (Wildman–Crippen MR) is 153 cm³/mol. The van der Waals surface area contributed by atoms with Gasteiger partial charge in [0.25, 0.3) is 0 Å². The number of rotatable bonds is 7. The number of fused-ring (bicyclic) bond motifs is 1. The van der Waals surface area contributed by atoms with Gasteiger partial charge in [-0.1, -0.05) is 55.8 Å². The van der Waals surface area contributed by atoms with Crippen LogP contribution in [0.2, 0.25) is 0 Å². The van der Waals surface area contributed by atoms with Crippen molar-refractivity contribution in [2.24, 2.45) is 11.3 Å². The topological polar surface area (TPSA) is 46.5 Å². The lowest BCUT2D eigenvalue weighted by atomic mass is 9.78. The maximum atomic E-state index is 15.1. The maximum Gasteiger partial charge on any atom is 0.303 e. The Hall–Kier alpha value is -3.40. The first-order chi connectivity index (χ1) is 18.7. The van der Waals surface area contributed by atoms with Gasteiger partial charge in [0, 0.05) is 5.56 Å². The maximum absolute atomic E-state index is 15.1. The summed E-state index contributed by atoms with van der Waals surface area (Å²) >= 11 is 0. The number of halogens is 1. The first kappa shape index (κ1) is 25.9. The molecule has 2 aliphatic carbocycles. The zero-order chi connectivity index (χ0) is 27.3. The fourth-order valence-corrected chi connectivity index (χ4v) is 6.62. The SMILES string of the molecule is Cc1ccc(F)c(-c2ccc(C3CCc4ccc(C(CC(=O)O)C5CC5)cc4O3)cc2C2=CCCC2(C)C)c1. The van der Waals surface area contributed by atoms with Gasteiger partial charge in [-0.3, -0.25) is 4.79 Å². The second-order valence-corrected chi connectivity index (χ2v) is 12.4. The minimum absolute atomic E-state index is 0.0184. The summed E-state index contributed by atoms with van der Waals surface area (Å²) in [7, 11) is 0. The lowest BCUT2D eigenvalue weighted by molar-refractivity contribution is -0.137. The summed E-state index contributed by atoms with van der Waals surface area (Å²) in [5.74, 6) is 0.427. The highest BCUT2D eigenvalue weighted by atomic mass is 19.1. The lowest BCUT2D eigenvalue weighted by Gasteiger charge is -2.30. The van der Waals surface area contributed by atoms with Crippen LogP contribution in [0.1, 0.15) is 92.2 Å². The quantitative estimate of drug-likeness (QED) is 0.335. The first-order valence-electron chi connectivity index (χ1n) is 14.3. The Labute approximate surface area is 230 Å². The van der Waals surface area contributed by atoms with Crippen molar-refractivity contribution < 1.29 is 19.0 Å². The molecule has 39 heavy (non-hydrogen) atoms. The Morgan fingerprint density at radius 1 is 1.03 bits per heavy atom. The smallest absolute Gasteiger partial charge is 0.303 e. The van der Waals surface area contributed by atoms with Gasteiger partial charge in [-0.15, -0.1) is 0 Å². The average Bonchev–Trinajstić information content (AvgIpc) is 3.69. The molecule has 2 unspecified atom stereocenters. The van der Waals surface area contributed by atoms with Crippen LogP contribution in [0.25, 0.3) is 16.7 Å². The summed E-state index contributed by atoms with van der Waals surface area (Å²) in [6, 6.07) is 18.0. The Kier molecular flexibility index (Phi) is 6.61. The van der Waals surface area contributed by atoms with Gasteiger partial charge in [0.1, 0.15) is 17.7 Å². The summed E-state index contributed by atoms with van der Waals surface area (Å²) in [6.07, 6.45) is 8.46. The molecule has 3 nitrogen and oxygen atoms in total. The summed E-state index contributed by atoms with van der Waals surface area (Å²) in [6.45, 7) is 6.55. The van der Waals surface area contributed by atoms with Gasteiger partial charge in [0.2, 0.25) is 0 Å². The van der Waals surface area contributed by atoms with E-state index in [9.17, 15) is 9.90 Å². The highest BCUT2D eigenvalue weighted by Crippen LogP contribution is 2.49. The third-order valence-corrected chi connectivity index (χ3v) is 9.01. The van der Waals surface area contributed by atoms with Gasteiger partial charge in [-0.05, 0) is 120 Å². The summed E-state index contributed by atoms with van der Waals surface area (Å²) in [4.78, 5) is 11.5. The molecular weight excluding hydrogens is 487 g/mol. The predicted octanol–water partition coefficient (Wildman–Crippen LogP) is 9.04. The summed E-state index contributed by atoms with van der Waals surface area (Å²) in [5, 5.41) is 9.48. The van der Waals surface area contributed by atoms with Crippen LogP contribution in [0.15, 0.2) is 60.7 Å². The van der Waals surface area contributed by atoms with E-state index in [1.54, 1.807) is 6.07 Å². The van der Waals surface area contributed by atoms with Crippen LogP contribution in [0.3, 0.4) is 0 Å². The van der Waals surface area contributed by atoms with Gasteiger partial charge in [0.05, 0.1) is 6.42 Å². The van der Waals surface area contributed by atoms with Crippen LogP contribution in [-0.4, -0.2) is 11.1 Å². The molecule has 1 aliphatic heterocycles. The molecule has 3 aliphatic rings. The van der Waals surface area contributed by atoms with E-state index >= 15 is 4.39 Å². The number of aryl methyl sites for hydroxylation is 2. The third-order valence-electron chi connectivity index (χ3n) is 9.01. The molecule has 0 spiro atoms. The summed E-state index contributed by atoms with van der Waals surface area (Å²) < 4.78 is 21.7. The van der Waals surface area contributed by atoms with E-state index in [0.717, 1.165) is 72.1 Å². The number of ether oxygens (including phenoxy) is 1. The van der Waals surface area contributed by atoms with Crippen LogP contribution in [0.4, 0.5) is 4.39 Å². The van der Waals surface area contributed by atoms with E-state index in [2.05, 4.69) is 56.3 Å². The molecule has 0 bridgehead atoms. The molecule has 4 heteroatoms. The van der Waals surface area contributed by atoms with E-state index in [-0.39, 0.29) is 29.7 Å². The van der Waals surface area contributed by atoms with Crippen molar-refractivity contribution in [2.45, 2.75) is 77.7 Å². The van der Waals surface area contributed by atoms with E-state index in [4.69, 9.17) is 4.74 Å². The zero-order valence-electron chi connectivity index (χ0n) is 23.1. The third kappa shape index (κ3) is 5.14. The Balaban J connectivity index is 1.36. The number of carboxylic acid groups (broad SMARTS) is 1. The van der Waals surface area contributed by atoms with E-state index in [1.807, 2.05) is 19.1 Å². The van der Waals surface area contributed by atoms with Gasteiger partial charge in [-0.2, -0.15) is 0 Å². The molecule has 3 aromatic rings. The summed E-state index contributed by atoms with van der Waals surface area (Å²) in [5.41, 5.74) is 8.36. The number of allylic oxidation sites excluding steroid dienone is 2. The number of carboxylic acids is 1. The molecule has 0 amide bonds. The van der Waals surface area contributed by atoms with Crippen molar-refractivity contribution in [3.05, 3.63) is 94.3 Å².